The number of hydrogen-bond acceptors (Lipinski definition) is 12. The van der Waals surface area contributed by atoms with E-state index in [4.69, 9.17) is 4.55 Å². The molecule has 0 bridgehead atoms. The van der Waals surface area contributed by atoms with Crippen LogP contribution in [-0.4, -0.2) is 51.3 Å². The third-order valence-corrected chi connectivity index (χ3v) is 7.14. The van der Waals surface area contributed by atoms with Crippen LogP contribution in [0.15, 0.2) is 49.1 Å². The van der Waals surface area contributed by atoms with Gasteiger partial charge in [-0.1, -0.05) is 0 Å². The van der Waals surface area contributed by atoms with Crippen LogP contribution in [0.3, 0.4) is 0 Å². The number of aromatic nitrogens is 1. The van der Waals surface area contributed by atoms with Crippen LogP contribution < -0.4 is 69.8 Å². The first-order valence-electron chi connectivity index (χ1n) is 8.27. The van der Waals surface area contributed by atoms with Crippen LogP contribution in [-0.2, 0) is 41.6 Å². The molecule has 0 unspecified atom stereocenters. The molecule has 0 fully saturated rings. The summed E-state index contributed by atoms with van der Waals surface area (Å²) in [5.41, 5.74) is -2.02. The van der Waals surface area contributed by atoms with E-state index < -0.39 is 70.3 Å². The van der Waals surface area contributed by atoms with Gasteiger partial charge in [0.05, 0.1) is 27.8 Å². The van der Waals surface area contributed by atoms with Crippen LogP contribution in [0.2, 0.25) is 0 Å². The molecule has 1 N–H and O–H groups in total. The van der Waals surface area contributed by atoms with Crippen LogP contribution >= 0.6 is 0 Å². The van der Waals surface area contributed by atoms with Crippen molar-refractivity contribution < 1.29 is 103 Å². The van der Waals surface area contributed by atoms with Gasteiger partial charge in [0.2, 0.25) is 0 Å². The predicted molar refractivity (Wildman–Crippen MR) is 104 cm³/mol. The first-order chi connectivity index (χ1) is 14.5. The topological polar surface area (TPSA) is 225 Å². The number of rotatable bonds is 8. The molecular weight excluding hydrogens is 540 g/mol. The van der Waals surface area contributed by atoms with Gasteiger partial charge in [0.15, 0.2) is 15.5 Å². The van der Waals surface area contributed by atoms with Gasteiger partial charge in [-0.3, -0.25) is 9.35 Å². The fourth-order valence-electron chi connectivity index (χ4n) is 2.44. The molecule has 0 aliphatic rings. The summed E-state index contributed by atoms with van der Waals surface area (Å²) in [5.74, 6) is -2.05. The second-order valence-corrected chi connectivity index (χ2v) is 10.7. The molecule has 2 rings (SSSR count). The van der Waals surface area contributed by atoms with Crippen LogP contribution in [0.1, 0.15) is 5.56 Å². The molecule has 0 saturated carbocycles. The zero-order valence-electron chi connectivity index (χ0n) is 18.3. The van der Waals surface area contributed by atoms with Gasteiger partial charge in [0.25, 0.3) is 5.56 Å². The Morgan fingerprint density at radius 1 is 1.03 bits per heavy atom. The van der Waals surface area contributed by atoms with E-state index in [1.54, 1.807) is 0 Å². The van der Waals surface area contributed by atoms with Crippen molar-refractivity contribution in [3.63, 3.8) is 0 Å². The Hall–Kier alpha value is -0.700. The SMILES string of the molecule is Cc1c(S(=O)(=O)[O-])c([O-])n(C)c(=O)c1N=Nc1ccc(S(=O)(=O)CCOS(=O)(=O)O)cc1.[Na+].[Na+]. The van der Waals surface area contributed by atoms with E-state index in [9.17, 15) is 39.7 Å². The van der Waals surface area contributed by atoms with Gasteiger partial charge in [-0.05, 0) is 37.1 Å². The van der Waals surface area contributed by atoms with E-state index in [1.165, 1.54) is 12.1 Å². The summed E-state index contributed by atoms with van der Waals surface area (Å²) in [5, 5.41) is 19.2. The fourth-order valence-corrected chi connectivity index (χ4v) is 4.75. The third-order valence-electron chi connectivity index (χ3n) is 4.00. The number of benzene rings is 1. The quantitative estimate of drug-likeness (QED) is 0.183. The van der Waals surface area contributed by atoms with E-state index in [2.05, 4.69) is 14.4 Å². The first-order valence-corrected chi connectivity index (χ1v) is 12.7. The molecule has 2 aromatic rings. The van der Waals surface area contributed by atoms with Crippen molar-refractivity contribution in [1.29, 1.82) is 0 Å². The van der Waals surface area contributed by atoms with E-state index in [0.29, 0.717) is 4.57 Å². The summed E-state index contributed by atoms with van der Waals surface area (Å²) in [7, 11) is -13.0. The largest absolute Gasteiger partial charge is 1.00 e. The van der Waals surface area contributed by atoms with Crippen molar-refractivity contribution in [2.45, 2.75) is 16.7 Å². The second kappa shape index (κ2) is 12.5. The summed E-state index contributed by atoms with van der Waals surface area (Å²) in [6, 6.07) is 4.53. The Kier molecular flexibility index (Phi) is 12.2. The fraction of sp³-hybridized carbons (Fsp3) is 0.267. The van der Waals surface area contributed by atoms with Gasteiger partial charge in [-0.15, -0.1) is 5.11 Å². The number of pyridine rings is 1. The molecule has 0 aliphatic heterocycles. The molecule has 0 radical (unpaired) electrons. The van der Waals surface area contributed by atoms with Crippen LogP contribution in [0.25, 0.3) is 0 Å². The summed E-state index contributed by atoms with van der Waals surface area (Å²) < 4.78 is 92.1. The van der Waals surface area contributed by atoms with Crippen molar-refractivity contribution in [1.82, 2.24) is 4.57 Å². The molecule has 0 spiro atoms. The Balaban J connectivity index is 0.00000544. The van der Waals surface area contributed by atoms with Crippen LogP contribution in [0.4, 0.5) is 11.4 Å². The first kappa shape index (κ1) is 33.3. The molecule has 1 aromatic heterocycles. The van der Waals surface area contributed by atoms with Gasteiger partial charge in [-0.2, -0.15) is 13.5 Å². The second-order valence-electron chi connectivity index (χ2n) is 6.19. The molecule has 0 aliphatic carbocycles. The molecule has 19 heteroatoms. The summed E-state index contributed by atoms with van der Waals surface area (Å²) >= 11 is 0. The van der Waals surface area contributed by atoms with Crippen LogP contribution in [0, 0.1) is 6.92 Å². The minimum absolute atomic E-state index is 0. The Morgan fingerprint density at radius 2 is 1.56 bits per heavy atom. The monoisotopic (exact) mass is 555 g/mol. The molecule has 0 saturated heterocycles. The summed E-state index contributed by atoms with van der Waals surface area (Å²) in [6.07, 6.45) is 0. The smallest absolute Gasteiger partial charge is 0.859 e. The molecule has 0 amide bonds. The van der Waals surface area contributed by atoms with Gasteiger partial charge in [0.1, 0.15) is 10.1 Å². The zero-order chi connectivity index (χ0) is 24.5. The number of nitrogens with zero attached hydrogens (tertiary/aromatic N) is 3. The Bertz CT molecular complexity index is 1450. The maximum Gasteiger partial charge on any atom is 1.00 e. The number of azo groups is 1. The van der Waals surface area contributed by atoms with Gasteiger partial charge in [0, 0.05) is 12.6 Å². The molecule has 176 valence electrons. The number of sulfone groups is 1. The molecule has 34 heavy (non-hydrogen) atoms. The van der Waals surface area contributed by atoms with Crippen molar-refractivity contribution in [2.75, 3.05) is 12.4 Å². The van der Waals surface area contributed by atoms with Gasteiger partial charge >= 0.3 is 69.5 Å². The maximum absolute atomic E-state index is 12.2. The van der Waals surface area contributed by atoms with Gasteiger partial charge < -0.3 is 14.2 Å². The van der Waals surface area contributed by atoms with E-state index in [1.807, 2.05) is 0 Å². The minimum atomic E-state index is -5.20. The van der Waals surface area contributed by atoms with Crippen molar-refractivity contribution in [2.24, 2.45) is 17.3 Å². The van der Waals surface area contributed by atoms with Crippen molar-refractivity contribution in [3.05, 3.63) is 40.2 Å². The molecular formula is C15H15N3Na2O11S3. The third kappa shape index (κ3) is 8.45. The average molecular weight is 555 g/mol. The molecule has 1 heterocycles. The Morgan fingerprint density at radius 3 is 2.03 bits per heavy atom. The van der Waals surface area contributed by atoms with E-state index in [-0.39, 0.29) is 69.7 Å². The van der Waals surface area contributed by atoms with E-state index >= 15 is 0 Å². The zero-order valence-corrected chi connectivity index (χ0v) is 24.8. The van der Waals surface area contributed by atoms with Crippen molar-refractivity contribution in [3.8, 4) is 5.88 Å². The molecule has 1 aromatic carbocycles. The van der Waals surface area contributed by atoms with Gasteiger partial charge in [-0.25, -0.2) is 21.0 Å². The normalized spacial score (nSPS) is 12.2. The predicted octanol–water partition coefficient (Wildman–Crippen LogP) is -6.31. The average Bonchev–Trinajstić information content (AvgIpc) is 2.64. The summed E-state index contributed by atoms with van der Waals surface area (Å²) in [4.78, 5) is 10.9. The molecule has 14 nitrogen and oxygen atoms in total. The number of hydrogen-bond donors (Lipinski definition) is 1. The maximum atomic E-state index is 12.2. The minimum Gasteiger partial charge on any atom is -0.859 e. The van der Waals surface area contributed by atoms with E-state index in [0.717, 1.165) is 26.1 Å². The molecule has 0 atom stereocenters. The summed E-state index contributed by atoms with van der Waals surface area (Å²) in [6.45, 7) is 0.234. The van der Waals surface area contributed by atoms with Crippen molar-refractivity contribution >= 4 is 41.7 Å². The van der Waals surface area contributed by atoms with Crippen LogP contribution in [0.5, 0.6) is 5.88 Å². The Labute approximate surface area is 239 Å². The standard InChI is InChI=1S/C15H17N3O11S3.2Na/c1-9-12(14(19)18(2)15(20)13(9)31(23,24)25)17-16-10-3-5-11(6-4-10)30(21,22)8-7-29-32(26,27)28;;/h3-6,20H,7-8H2,1-2H3,(H,23,24,25)(H,26,27,28);;/q;2*+1/p-2.